The number of rotatable bonds is 3. The van der Waals surface area contributed by atoms with Gasteiger partial charge in [0.2, 0.25) is 5.91 Å². The van der Waals surface area contributed by atoms with Crippen LogP contribution in [0, 0.1) is 0 Å². The first-order valence-corrected chi connectivity index (χ1v) is 6.02. The molecule has 8 heteroatoms. The van der Waals surface area contributed by atoms with Crippen LogP contribution in [0.25, 0.3) is 0 Å². The molecular formula is C12H15N5O3. The molecule has 20 heavy (non-hydrogen) atoms. The SMILES string of the molecule is CN1C(=O)CCC(Nc2ncc(N)cc2C(N)=O)C1=O. The zero-order valence-electron chi connectivity index (χ0n) is 10.9. The highest BCUT2D eigenvalue weighted by Gasteiger charge is 2.32. The van der Waals surface area contributed by atoms with Crippen molar-refractivity contribution in [3.63, 3.8) is 0 Å². The number of nitrogens with one attached hydrogen (secondary N) is 1. The van der Waals surface area contributed by atoms with Crippen molar-refractivity contribution in [2.24, 2.45) is 5.73 Å². The van der Waals surface area contributed by atoms with Gasteiger partial charge in [-0.15, -0.1) is 0 Å². The third-order valence-electron chi connectivity index (χ3n) is 3.13. The molecule has 0 bridgehead atoms. The number of carbonyl (C=O) groups is 3. The summed E-state index contributed by atoms with van der Waals surface area (Å²) in [4.78, 5) is 39.7. The molecule has 1 aliphatic rings. The number of hydrogen-bond acceptors (Lipinski definition) is 6. The van der Waals surface area contributed by atoms with E-state index in [1.807, 2.05) is 0 Å². The number of aromatic nitrogens is 1. The van der Waals surface area contributed by atoms with Crippen LogP contribution < -0.4 is 16.8 Å². The monoisotopic (exact) mass is 277 g/mol. The molecular weight excluding hydrogens is 262 g/mol. The maximum atomic E-state index is 12.0. The number of likely N-dealkylation sites (tertiary alicyclic amines) is 1. The Labute approximate surface area is 115 Å². The van der Waals surface area contributed by atoms with E-state index in [1.54, 1.807) is 0 Å². The Morgan fingerprint density at radius 1 is 1.50 bits per heavy atom. The smallest absolute Gasteiger partial charge is 0.252 e. The Morgan fingerprint density at radius 3 is 2.85 bits per heavy atom. The van der Waals surface area contributed by atoms with Crippen LogP contribution in [0.5, 0.6) is 0 Å². The van der Waals surface area contributed by atoms with E-state index < -0.39 is 11.9 Å². The first-order valence-electron chi connectivity index (χ1n) is 6.02. The highest BCUT2D eigenvalue weighted by Crippen LogP contribution is 2.20. The maximum Gasteiger partial charge on any atom is 0.252 e. The zero-order chi connectivity index (χ0) is 14.9. The summed E-state index contributed by atoms with van der Waals surface area (Å²) in [6, 6.07) is 0.770. The average molecular weight is 277 g/mol. The second kappa shape index (κ2) is 5.16. The molecule has 1 unspecified atom stereocenters. The average Bonchev–Trinajstić information content (AvgIpc) is 2.41. The minimum atomic E-state index is -0.694. The molecule has 0 spiro atoms. The molecule has 1 fully saturated rings. The first-order chi connectivity index (χ1) is 9.40. The van der Waals surface area contributed by atoms with Gasteiger partial charge >= 0.3 is 0 Å². The van der Waals surface area contributed by atoms with Crippen LogP contribution in [0.3, 0.4) is 0 Å². The predicted octanol–water partition coefficient (Wildman–Crippen LogP) is -0.678. The molecule has 1 saturated heterocycles. The lowest BCUT2D eigenvalue weighted by atomic mass is 10.0. The Morgan fingerprint density at radius 2 is 2.20 bits per heavy atom. The van der Waals surface area contributed by atoms with Crippen LogP contribution >= 0.6 is 0 Å². The fraction of sp³-hybridized carbons (Fsp3) is 0.333. The summed E-state index contributed by atoms with van der Waals surface area (Å²) in [5.74, 6) is -1.10. The van der Waals surface area contributed by atoms with E-state index in [-0.39, 0.29) is 29.6 Å². The summed E-state index contributed by atoms with van der Waals surface area (Å²) in [5.41, 5.74) is 11.2. The van der Waals surface area contributed by atoms with Gasteiger partial charge in [0.05, 0.1) is 17.4 Å². The van der Waals surface area contributed by atoms with E-state index in [1.165, 1.54) is 19.3 Å². The summed E-state index contributed by atoms with van der Waals surface area (Å²) < 4.78 is 0. The van der Waals surface area contributed by atoms with Crippen molar-refractivity contribution in [3.8, 4) is 0 Å². The van der Waals surface area contributed by atoms with Crippen molar-refractivity contribution >= 4 is 29.2 Å². The summed E-state index contributed by atoms with van der Waals surface area (Å²) >= 11 is 0. The second-order valence-electron chi connectivity index (χ2n) is 4.56. The van der Waals surface area contributed by atoms with Gasteiger partial charge in [0.15, 0.2) is 0 Å². The number of amides is 3. The van der Waals surface area contributed by atoms with E-state index >= 15 is 0 Å². The lowest BCUT2D eigenvalue weighted by Gasteiger charge is -2.28. The molecule has 3 amide bonds. The Kier molecular flexibility index (Phi) is 3.55. The highest BCUT2D eigenvalue weighted by molar-refractivity contribution is 6.02. The minimum absolute atomic E-state index is 0.109. The summed E-state index contributed by atoms with van der Waals surface area (Å²) in [6.07, 6.45) is 1.95. The van der Waals surface area contributed by atoms with Crippen molar-refractivity contribution in [3.05, 3.63) is 17.8 Å². The van der Waals surface area contributed by atoms with Crippen molar-refractivity contribution in [1.29, 1.82) is 0 Å². The number of carbonyl (C=O) groups excluding carboxylic acids is 3. The van der Waals surface area contributed by atoms with Crippen LogP contribution in [-0.4, -0.2) is 40.7 Å². The molecule has 1 atom stereocenters. The number of piperidine rings is 1. The molecule has 0 aromatic carbocycles. The van der Waals surface area contributed by atoms with Gasteiger partial charge in [-0.25, -0.2) is 4.98 Å². The van der Waals surface area contributed by atoms with Gasteiger partial charge in [-0.05, 0) is 12.5 Å². The largest absolute Gasteiger partial charge is 0.397 e. The molecule has 2 rings (SSSR count). The fourth-order valence-corrected chi connectivity index (χ4v) is 2.00. The molecule has 1 aromatic heterocycles. The van der Waals surface area contributed by atoms with E-state index in [4.69, 9.17) is 11.5 Å². The predicted molar refractivity (Wildman–Crippen MR) is 71.6 cm³/mol. The van der Waals surface area contributed by atoms with Gasteiger partial charge in [-0.3, -0.25) is 19.3 Å². The van der Waals surface area contributed by atoms with E-state index in [0.717, 1.165) is 4.90 Å². The Balaban J connectivity index is 2.24. The first kappa shape index (κ1) is 13.8. The van der Waals surface area contributed by atoms with E-state index in [2.05, 4.69) is 10.3 Å². The van der Waals surface area contributed by atoms with Crippen LogP contribution in [0.2, 0.25) is 0 Å². The van der Waals surface area contributed by atoms with E-state index in [0.29, 0.717) is 12.1 Å². The molecule has 0 saturated carbocycles. The number of anilines is 2. The third kappa shape index (κ3) is 2.53. The number of pyridine rings is 1. The molecule has 106 valence electrons. The summed E-state index contributed by atoms with van der Waals surface area (Å²) in [6.45, 7) is 0. The molecule has 5 N–H and O–H groups in total. The Bertz CT molecular complexity index is 586. The molecule has 0 aliphatic carbocycles. The maximum absolute atomic E-state index is 12.0. The molecule has 2 heterocycles. The number of primary amides is 1. The van der Waals surface area contributed by atoms with Crippen LogP contribution in [0.4, 0.5) is 11.5 Å². The van der Waals surface area contributed by atoms with Gasteiger partial charge in [-0.1, -0.05) is 0 Å². The van der Waals surface area contributed by atoms with Gasteiger partial charge < -0.3 is 16.8 Å². The lowest BCUT2D eigenvalue weighted by Crippen LogP contribution is -2.48. The highest BCUT2D eigenvalue weighted by atomic mass is 16.2. The van der Waals surface area contributed by atoms with Gasteiger partial charge in [0.25, 0.3) is 11.8 Å². The lowest BCUT2D eigenvalue weighted by molar-refractivity contribution is -0.146. The van der Waals surface area contributed by atoms with Crippen molar-refractivity contribution < 1.29 is 14.4 Å². The van der Waals surface area contributed by atoms with Gasteiger partial charge in [-0.2, -0.15) is 0 Å². The normalized spacial score (nSPS) is 19.1. The number of nitrogens with zero attached hydrogens (tertiary/aromatic N) is 2. The molecule has 1 aliphatic heterocycles. The second-order valence-corrected chi connectivity index (χ2v) is 4.56. The van der Waals surface area contributed by atoms with Crippen molar-refractivity contribution in [2.45, 2.75) is 18.9 Å². The number of nitrogen functional groups attached to an aromatic ring is 1. The summed E-state index contributed by atoms with van der Waals surface area (Å²) in [7, 11) is 1.42. The molecule has 8 nitrogen and oxygen atoms in total. The Hall–Kier alpha value is -2.64. The van der Waals surface area contributed by atoms with Crippen molar-refractivity contribution in [1.82, 2.24) is 9.88 Å². The third-order valence-corrected chi connectivity index (χ3v) is 3.13. The zero-order valence-corrected chi connectivity index (χ0v) is 10.9. The van der Waals surface area contributed by atoms with Gasteiger partial charge in [0.1, 0.15) is 11.9 Å². The topological polar surface area (TPSA) is 131 Å². The standard InChI is InChI=1S/C12H15N5O3/c1-17-9(18)3-2-8(12(17)20)16-11-7(10(14)19)4-6(13)5-15-11/h4-5,8H,2-3,13H2,1H3,(H2,14,19)(H,15,16). The van der Waals surface area contributed by atoms with Crippen molar-refractivity contribution in [2.75, 3.05) is 18.1 Å². The quantitative estimate of drug-likeness (QED) is 0.627. The number of hydrogen-bond donors (Lipinski definition) is 3. The van der Waals surface area contributed by atoms with Gasteiger partial charge in [0, 0.05) is 13.5 Å². The van der Waals surface area contributed by atoms with Crippen LogP contribution in [-0.2, 0) is 9.59 Å². The van der Waals surface area contributed by atoms with E-state index in [9.17, 15) is 14.4 Å². The fourth-order valence-electron chi connectivity index (χ4n) is 2.00. The van der Waals surface area contributed by atoms with Crippen LogP contribution in [0.15, 0.2) is 12.3 Å². The number of imide groups is 1. The minimum Gasteiger partial charge on any atom is -0.397 e. The molecule has 1 aromatic rings. The molecule has 0 radical (unpaired) electrons. The number of likely N-dealkylation sites (N-methyl/N-ethyl adjacent to an activating group) is 1. The summed E-state index contributed by atoms with van der Waals surface area (Å²) in [5, 5.41) is 2.85. The number of nitrogens with two attached hydrogens (primary N) is 2. The van der Waals surface area contributed by atoms with Crippen LogP contribution in [0.1, 0.15) is 23.2 Å².